The van der Waals surface area contributed by atoms with Gasteiger partial charge in [-0.05, 0) is 39.2 Å². The quantitative estimate of drug-likeness (QED) is 0.886. The van der Waals surface area contributed by atoms with Crippen LogP contribution in [0, 0.1) is 0 Å². The van der Waals surface area contributed by atoms with Crippen LogP contribution in [0.3, 0.4) is 0 Å². The number of rotatable bonds is 4. The zero-order valence-corrected chi connectivity index (χ0v) is 11.6. The molecule has 1 aliphatic heterocycles. The van der Waals surface area contributed by atoms with E-state index in [0.717, 1.165) is 0 Å². The second-order valence-corrected chi connectivity index (χ2v) is 4.88. The summed E-state index contributed by atoms with van der Waals surface area (Å²) in [7, 11) is 3.97. The lowest BCUT2D eigenvalue weighted by Gasteiger charge is -2.21. The molecule has 0 radical (unpaired) electrons. The van der Waals surface area contributed by atoms with E-state index in [-0.39, 0.29) is 5.91 Å². The molecular weight excluding hydrogens is 244 g/mol. The van der Waals surface area contributed by atoms with E-state index >= 15 is 0 Å². The Morgan fingerprint density at radius 2 is 2.00 bits per heavy atom. The molecule has 1 amide bonds. The Bertz CT molecular complexity index is 460. The van der Waals surface area contributed by atoms with Crippen molar-refractivity contribution < 1.29 is 14.3 Å². The molecular formula is C14H20N2O3. The first-order chi connectivity index (χ1) is 9.08. The molecule has 19 heavy (non-hydrogen) atoms. The van der Waals surface area contributed by atoms with Gasteiger partial charge in [-0.1, -0.05) is 0 Å². The summed E-state index contributed by atoms with van der Waals surface area (Å²) in [5.74, 6) is 1.25. The highest BCUT2D eigenvalue weighted by atomic mass is 16.6. The third-order valence-electron chi connectivity index (χ3n) is 3.24. The van der Waals surface area contributed by atoms with Crippen molar-refractivity contribution in [2.24, 2.45) is 0 Å². The van der Waals surface area contributed by atoms with Crippen LogP contribution in [0.4, 0.5) is 0 Å². The fourth-order valence-corrected chi connectivity index (χ4v) is 1.71. The van der Waals surface area contributed by atoms with Gasteiger partial charge in [-0.2, -0.15) is 0 Å². The van der Waals surface area contributed by atoms with E-state index in [2.05, 4.69) is 17.1 Å². The predicted octanol–water partition coefficient (Wildman–Crippen LogP) is 1.14. The molecule has 1 N–H and O–H groups in total. The number of nitrogens with zero attached hydrogens (tertiary/aromatic N) is 1. The molecule has 1 aromatic rings. The summed E-state index contributed by atoms with van der Waals surface area (Å²) in [6, 6.07) is 5.55. The third kappa shape index (κ3) is 3.38. The summed E-state index contributed by atoms with van der Waals surface area (Å²) >= 11 is 0. The maximum atomic E-state index is 12.0. The smallest absolute Gasteiger partial charge is 0.251 e. The number of hydrogen-bond acceptors (Lipinski definition) is 4. The lowest BCUT2D eigenvalue weighted by Crippen LogP contribution is -2.38. The number of carbonyl (C=O) groups excluding carboxylic acids is 1. The zero-order valence-electron chi connectivity index (χ0n) is 11.6. The third-order valence-corrected chi connectivity index (χ3v) is 3.24. The maximum absolute atomic E-state index is 12.0. The topological polar surface area (TPSA) is 50.8 Å². The van der Waals surface area contributed by atoms with Gasteiger partial charge in [0.2, 0.25) is 0 Å². The molecule has 0 bridgehead atoms. The molecule has 2 rings (SSSR count). The second kappa shape index (κ2) is 5.93. The molecule has 0 aliphatic carbocycles. The number of nitrogens with one attached hydrogen (secondary N) is 1. The molecule has 1 atom stereocenters. The highest BCUT2D eigenvalue weighted by molar-refractivity contribution is 5.94. The van der Waals surface area contributed by atoms with E-state index in [4.69, 9.17) is 9.47 Å². The van der Waals surface area contributed by atoms with Crippen molar-refractivity contribution in [3.8, 4) is 11.5 Å². The van der Waals surface area contributed by atoms with Crippen LogP contribution in [-0.2, 0) is 0 Å². The van der Waals surface area contributed by atoms with Gasteiger partial charge in [0.05, 0.1) is 0 Å². The Morgan fingerprint density at radius 1 is 1.32 bits per heavy atom. The fourth-order valence-electron chi connectivity index (χ4n) is 1.71. The minimum atomic E-state index is -0.0920. The van der Waals surface area contributed by atoms with Gasteiger partial charge in [-0.3, -0.25) is 4.79 Å². The number of hydrogen-bond donors (Lipinski definition) is 1. The van der Waals surface area contributed by atoms with Crippen molar-refractivity contribution in [3.05, 3.63) is 23.8 Å². The molecule has 0 aromatic heterocycles. The van der Waals surface area contributed by atoms with Gasteiger partial charge < -0.3 is 19.7 Å². The number of ether oxygens (including phenoxy) is 2. The molecule has 0 saturated carbocycles. The van der Waals surface area contributed by atoms with Crippen molar-refractivity contribution in [2.45, 2.75) is 13.0 Å². The molecule has 1 aliphatic rings. The Balaban J connectivity index is 1.99. The molecule has 5 heteroatoms. The van der Waals surface area contributed by atoms with Crippen LogP contribution in [0.25, 0.3) is 0 Å². The largest absolute Gasteiger partial charge is 0.486 e. The van der Waals surface area contributed by atoms with Crippen molar-refractivity contribution in [1.82, 2.24) is 10.2 Å². The van der Waals surface area contributed by atoms with Gasteiger partial charge in [0.15, 0.2) is 11.5 Å². The maximum Gasteiger partial charge on any atom is 0.251 e. The monoisotopic (exact) mass is 264 g/mol. The van der Waals surface area contributed by atoms with Crippen LogP contribution in [0.2, 0.25) is 0 Å². The van der Waals surface area contributed by atoms with Crippen molar-refractivity contribution in [1.29, 1.82) is 0 Å². The van der Waals surface area contributed by atoms with E-state index in [9.17, 15) is 4.79 Å². The Morgan fingerprint density at radius 3 is 2.68 bits per heavy atom. The van der Waals surface area contributed by atoms with Crippen LogP contribution in [0.15, 0.2) is 18.2 Å². The molecule has 1 unspecified atom stereocenters. The average molecular weight is 264 g/mol. The highest BCUT2D eigenvalue weighted by Crippen LogP contribution is 2.30. The molecule has 0 saturated heterocycles. The Hall–Kier alpha value is -1.75. The lowest BCUT2D eigenvalue weighted by molar-refractivity contribution is 0.0942. The second-order valence-electron chi connectivity index (χ2n) is 4.88. The first kappa shape index (κ1) is 13.7. The summed E-state index contributed by atoms with van der Waals surface area (Å²) < 4.78 is 10.9. The van der Waals surface area contributed by atoms with E-state index in [0.29, 0.717) is 42.9 Å². The molecule has 0 spiro atoms. The minimum absolute atomic E-state index is 0.0920. The van der Waals surface area contributed by atoms with E-state index in [1.165, 1.54) is 0 Å². The zero-order chi connectivity index (χ0) is 13.8. The van der Waals surface area contributed by atoms with Crippen molar-refractivity contribution in [3.63, 3.8) is 0 Å². The number of amides is 1. The number of likely N-dealkylation sites (N-methyl/N-ethyl adjacent to an activating group) is 1. The van der Waals surface area contributed by atoms with Crippen LogP contribution < -0.4 is 14.8 Å². The SMILES string of the molecule is CC(CNC(=O)c1ccc2c(c1)OCCO2)N(C)C. The van der Waals surface area contributed by atoms with Crippen LogP contribution in [-0.4, -0.2) is 50.7 Å². The number of benzene rings is 1. The molecule has 104 valence electrons. The summed E-state index contributed by atoms with van der Waals surface area (Å²) in [5, 5.41) is 2.91. The van der Waals surface area contributed by atoms with Gasteiger partial charge in [0.1, 0.15) is 13.2 Å². The van der Waals surface area contributed by atoms with Gasteiger partial charge in [0, 0.05) is 18.2 Å². The summed E-state index contributed by atoms with van der Waals surface area (Å²) in [5.41, 5.74) is 0.593. The predicted molar refractivity (Wildman–Crippen MR) is 72.9 cm³/mol. The van der Waals surface area contributed by atoms with Gasteiger partial charge in [-0.25, -0.2) is 0 Å². The summed E-state index contributed by atoms with van der Waals surface area (Å²) in [6.07, 6.45) is 0. The number of carbonyl (C=O) groups is 1. The lowest BCUT2D eigenvalue weighted by atomic mass is 10.1. The van der Waals surface area contributed by atoms with Gasteiger partial charge in [0.25, 0.3) is 5.91 Å². The van der Waals surface area contributed by atoms with Gasteiger partial charge in [-0.15, -0.1) is 0 Å². The highest BCUT2D eigenvalue weighted by Gasteiger charge is 2.15. The van der Waals surface area contributed by atoms with Gasteiger partial charge >= 0.3 is 0 Å². The molecule has 1 aromatic carbocycles. The standard InChI is InChI=1S/C14H20N2O3/c1-10(16(2)3)9-15-14(17)11-4-5-12-13(8-11)19-7-6-18-12/h4-5,8,10H,6-7,9H2,1-3H3,(H,15,17). The summed E-state index contributed by atoms with van der Waals surface area (Å²) in [4.78, 5) is 14.1. The van der Waals surface area contributed by atoms with Crippen molar-refractivity contribution in [2.75, 3.05) is 33.9 Å². The van der Waals surface area contributed by atoms with E-state index in [1.807, 2.05) is 14.1 Å². The first-order valence-corrected chi connectivity index (χ1v) is 6.42. The average Bonchev–Trinajstić information content (AvgIpc) is 2.43. The van der Waals surface area contributed by atoms with Crippen molar-refractivity contribution >= 4 is 5.91 Å². The normalized spacial score (nSPS) is 15.2. The molecule has 1 heterocycles. The van der Waals surface area contributed by atoms with E-state index in [1.54, 1.807) is 18.2 Å². The van der Waals surface area contributed by atoms with Crippen LogP contribution in [0.5, 0.6) is 11.5 Å². The summed E-state index contributed by atoms with van der Waals surface area (Å²) in [6.45, 7) is 3.75. The van der Waals surface area contributed by atoms with E-state index < -0.39 is 0 Å². The van der Waals surface area contributed by atoms with Crippen LogP contribution in [0.1, 0.15) is 17.3 Å². The molecule has 0 fully saturated rings. The number of fused-ring (bicyclic) bond motifs is 1. The Labute approximate surface area is 113 Å². The first-order valence-electron chi connectivity index (χ1n) is 6.42. The Kier molecular flexibility index (Phi) is 4.27. The minimum Gasteiger partial charge on any atom is -0.486 e. The fraction of sp³-hybridized carbons (Fsp3) is 0.500. The molecule has 5 nitrogen and oxygen atoms in total. The van der Waals surface area contributed by atoms with Crippen LogP contribution >= 0.6 is 0 Å².